The molecular formula is C12H10N2O2. The molecule has 3 rings (SSSR count). The Balaban J connectivity index is 2.54. The first kappa shape index (κ1) is 9.15. The molecule has 0 radical (unpaired) electrons. The van der Waals surface area contributed by atoms with Crippen LogP contribution in [0.1, 0.15) is 28.9 Å². The first-order chi connectivity index (χ1) is 7.68. The predicted octanol–water partition coefficient (Wildman–Crippen LogP) is 1.33. The Morgan fingerprint density at radius 3 is 2.75 bits per heavy atom. The molecule has 2 heterocycles. The molecule has 2 N–H and O–H groups in total. The van der Waals surface area contributed by atoms with E-state index >= 15 is 0 Å². The molecule has 16 heavy (non-hydrogen) atoms. The molecule has 0 bridgehead atoms. The molecule has 0 saturated carbocycles. The topological polar surface area (TPSA) is 62.0 Å². The molecule has 80 valence electrons. The van der Waals surface area contributed by atoms with Gasteiger partial charge < -0.3 is 10.3 Å². The minimum atomic E-state index is -0.212. The SMILES string of the molecule is CC1NC(=O)c2c1c(=O)[nH]c1ccccc21. The van der Waals surface area contributed by atoms with Crippen molar-refractivity contribution in [3.05, 3.63) is 45.7 Å². The van der Waals surface area contributed by atoms with Gasteiger partial charge in [-0.05, 0) is 13.0 Å². The molecule has 1 aromatic carbocycles. The number of aromatic amines is 1. The van der Waals surface area contributed by atoms with Crippen molar-refractivity contribution in [2.24, 2.45) is 0 Å². The molecule has 1 aromatic heterocycles. The summed E-state index contributed by atoms with van der Waals surface area (Å²) in [7, 11) is 0. The Morgan fingerprint density at radius 1 is 1.19 bits per heavy atom. The van der Waals surface area contributed by atoms with E-state index in [1.165, 1.54) is 0 Å². The third kappa shape index (κ3) is 1.04. The van der Waals surface area contributed by atoms with Crippen molar-refractivity contribution in [1.29, 1.82) is 0 Å². The van der Waals surface area contributed by atoms with Crippen LogP contribution in [0.3, 0.4) is 0 Å². The number of pyridine rings is 1. The molecule has 0 aliphatic carbocycles. The van der Waals surface area contributed by atoms with Crippen molar-refractivity contribution in [3.8, 4) is 0 Å². The van der Waals surface area contributed by atoms with Gasteiger partial charge in [-0.25, -0.2) is 0 Å². The number of nitrogens with one attached hydrogen (secondary N) is 2. The van der Waals surface area contributed by atoms with E-state index in [1.54, 1.807) is 6.07 Å². The second-order valence-corrected chi connectivity index (χ2v) is 3.98. The highest BCUT2D eigenvalue weighted by atomic mass is 16.2. The van der Waals surface area contributed by atoms with Crippen molar-refractivity contribution in [1.82, 2.24) is 10.3 Å². The second kappa shape index (κ2) is 2.95. The number of hydrogen-bond donors (Lipinski definition) is 2. The fourth-order valence-corrected chi connectivity index (χ4v) is 2.26. The van der Waals surface area contributed by atoms with Crippen LogP contribution in [0.4, 0.5) is 0 Å². The van der Waals surface area contributed by atoms with Gasteiger partial charge in [0.15, 0.2) is 0 Å². The summed E-state index contributed by atoms with van der Waals surface area (Å²) in [6.07, 6.45) is 0. The Labute approximate surface area is 91.3 Å². The minimum absolute atomic E-state index is 0.162. The van der Waals surface area contributed by atoms with Gasteiger partial charge in [0.05, 0.1) is 17.2 Å². The maximum atomic E-state index is 11.8. The Kier molecular flexibility index (Phi) is 1.68. The molecule has 1 atom stereocenters. The van der Waals surface area contributed by atoms with E-state index in [0.717, 1.165) is 5.39 Å². The predicted molar refractivity (Wildman–Crippen MR) is 60.4 cm³/mol. The van der Waals surface area contributed by atoms with Crippen molar-refractivity contribution in [3.63, 3.8) is 0 Å². The average Bonchev–Trinajstić information content (AvgIpc) is 2.55. The summed E-state index contributed by atoms with van der Waals surface area (Å²) in [6.45, 7) is 1.81. The molecule has 1 aliphatic rings. The molecule has 1 aliphatic heterocycles. The average molecular weight is 214 g/mol. The zero-order valence-corrected chi connectivity index (χ0v) is 8.70. The largest absolute Gasteiger partial charge is 0.345 e. The lowest BCUT2D eigenvalue weighted by Gasteiger charge is -2.03. The normalized spacial score (nSPS) is 18.6. The van der Waals surface area contributed by atoms with Gasteiger partial charge in [0.25, 0.3) is 11.5 Å². The number of carbonyl (C=O) groups excluding carboxylic acids is 1. The van der Waals surface area contributed by atoms with Crippen molar-refractivity contribution < 1.29 is 4.79 Å². The highest BCUT2D eigenvalue weighted by molar-refractivity contribution is 6.09. The number of benzene rings is 1. The van der Waals surface area contributed by atoms with E-state index < -0.39 is 0 Å². The fourth-order valence-electron chi connectivity index (χ4n) is 2.26. The lowest BCUT2D eigenvalue weighted by atomic mass is 10.0. The number of para-hydroxylation sites is 1. The zero-order valence-electron chi connectivity index (χ0n) is 8.70. The quantitative estimate of drug-likeness (QED) is 0.695. The van der Waals surface area contributed by atoms with E-state index in [4.69, 9.17) is 0 Å². The van der Waals surface area contributed by atoms with E-state index in [2.05, 4.69) is 10.3 Å². The molecule has 4 heteroatoms. The van der Waals surface area contributed by atoms with Gasteiger partial charge in [-0.2, -0.15) is 0 Å². The van der Waals surface area contributed by atoms with Crippen LogP contribution in [0.15, 0.2) is 29.1 Å². The van der Waals surface area contributed by atoms with Gasteiger partial charge in [-0.3, -0.25) is 9.59 Å². The van der Waals surface area contributed by atoms with Crippen LogP contribution in [-0.4, -0.2) is 10.9 Å². The third-order valence-corrected chi connectivity index (χ3v) is 2.97. The number of rotatable bonds is 0. The third-order valence-electron chi connectivity index (χ3n) is 2.97. The molecule has 0 spiro atoms. The highest BCUT2D eigenvalue weighted by Gasteiger charge is 2.30. The van der Waals surface area contributed by atoms with Crippen LogP contribution >= 0.6 is 0 Å². The number of H-pyrrole nitrogens is 1. The highest BCUT2D eigenvalue weighted by Crippen LogP contribution is 2.27. The van der Waals surface area contributed by atoms with E-state index in [-0.39, 0.29) is 17.5 Å². The molecular weight excluding hydrogens is 204 g/mol. The Morgan fingerprint density at radius 2 is 1.94 bits per heavy atom. The lowest BCUT2D eigenvalue weighted by molar-refractivity contribution is 0.0960. The Hall–Kier alpha value is -2.10. The summed E-state index contributed by atoms with van der Waals surface area (Å²) in [4.78, 5) is 26.4. The van der Waals surface area contributed by atoms with Gasteiger partial charge in [0, 0.05) is 10.9 Å². The molecule has 0 saturated heterocycles. The number of fused-ring (bicyclic) bond motifs is 3. The van der Waals surface area contributed by atoms with Crippen LogP contribution in [0.2, 0.25) is 0 Å². The van der Waals surface area contributed by atoms with Gasteiger partial charge >= 0.3 is 0 Å². The maximum absolute atomic E-state index is 11.8. The standard InChI is InChI=1S/C12H10N2O2/c1-6-9-10(12(16)13-6)7-4-2-3-5-8(7)14-11(9)15/h2-6H,1H3,(H,13,16)(H,14,15). The van der Waals surface area contributed by atoms with E-state index in [0.29, 0.717) is 16.6 Å². The second-order valence-electron chi connectivity index (χ2n) is 3.98. The van der Waals surface area contributed by atoms with Crippen molar-refractivity contribution in [2.45, 2.75) is 13.0 Å². The molecule has 4 nitrogen and oxygen atoms in total. The number of carbonyl (C=O) groups is 1. The first-order valence-corrected chi connectivity index (χ1v) is 5.14. The smallest absolute Gasteiger partial charge is 0.254 e. The lowest BCUT2D eigenvalue weighted by Crippen LogP contribution is -2.18. The van der Waals surface area contributed by atoms with Gasteiger partial charge in [-0.1, -0.05) is 18.2 Å². The van der Waals surface area contributed by atoms with Gasteiger partial charge in [0.2, 0.25) is 0 Å². The van der Waals surface area contributed by atoms with Crippen LogP contribution in [-0.2, 0) is 0 Å². The summed E-state index contributed by atoms with van der Waals surface area (Å²) in [5, 5.41) is 3.56. The number of hydrogen-bond acceptors (Lipinski definition) is 2. The monoisotopic (exact) mass is 214 g/mol. The van der Waals surface area contributed by atoms with E-state index in [9.17, 15) is 9.59 Å². The van der Waals surface area contributed by atoms with Crippen molar-refractivity contribution in [2.75, 3.05) is 0 Å². The summed E-state index contributed by atoms with van der Waals surface area (Å²) >= 11 is 0. The minimum Gasteiger partial charge on any atom is -0.345 e. The van der Waals surface area contributed by atoms with Gasteiger partial charge in [-0.15, -0.1) is 0 Å². The van der Waals surface area contributed by atoms with Crippen LogP contribution in [0.5, 0.6) is 0 Å². The summed E-state index contributed by atoms with van der Waals surface area (Å²) < 4.78 is 0. The summed E-state index contributed by atoms with van der Waals surface area (Å²) in [5.41, 5.74) is 1.59. The van der Waals surface area contributed by atoms with Gasteiger partial charge in [0.1, 0.15) is 0 Å². The van der Waals surface area contributed by atoms with Crippen LogP contribution in [0.25, 0.3) is 10.9 Å². The summed E-state index contributed by atoms with van der Waals surface area (Å²) in [6, 6.07) is 7.13. The Bertz CT molecular complexity index is 658. The number of aromatic nitrogens is 1. The molecule has 1 unspecified atom stereocenters. The summed E-state index contributed by atoms with van der Waals surface area (Å²) in [5.74, 6) is -0.162. The fraction of sp³-hybridized carbons (Fsp3) is 0.167. The van der Waals surface area contributed by atoms with E-state index in [1.807, 2.05) is 25.1 Å². The number of amides is 1. The maximum Gasteiger partial charge on any atom is 0.254 e. The first-order valence-electron chi connectivity index (χ1n) is 5.14. The molecule has 1 amide bonds. The molecule has 0 fully saturated rings. The van der Waals surface area contributed by atoms with Crippen molar-refractivity contribution >= 4 is 16.8 Å². The zero-order chi connectivity index (χ0) is 11.3. The van der Waals surface area contributed by atoms with Crippen LogP contribution in [0, 0.1) is 0 Å². The van der Waals surface area contributed by atoms with Crippen LogP contribution < -0.4 is 10.9 Å². The molecule has 2 aromatic rings.